The number of pyridine rings is 1. The van der Waals surface area contributed by atoms with Crippen LogP contribution in [0.3, 0.4) is 0 Å². The maximum atomic E-state index is 8.97. The van der Waals surface area contributed by atoms with E-state index in [9.17, 15) is 0 Å². The minimum absolute atomic E-state index is 0.439. The molecular formula is C11H17BN2O2. The van der Waals surface area contributed by atoms with Crippen molar-refractivity contribution in [3.8, 4) is 0 Å². The van der Waals surface area contributed by atoms with Gasteiger partial charge in [0.05, 0.1) is 0 Å². The zero-order valence-corrected chi connectivity index (χ0v) is 9.50. The fraction of sp³-hybridized carbons (Fsp3) is 0.545. The summed E-state index contributed by atoms with van der Waals surface area (Å²) < 4.78 is 0. The molecule has 0 aromatic carbocycles. The van der Waals surface area contributed by atoms with E-state index in [4.69, 9.17) is 10.0 Å². The van der Waals surface area contributed by atoms with Gasteiger partial charge < -0.3 is 14.9 Å². The summed E-state index contributed by atoms with van der Waals surface area (Å²) in [6, 6.07) is 3.57. The van der Waals surface area contributed by atoms with Crippen LogP contribution >= 0.6 is 0 Å². The van der Waals surface area contributed by atoms with Crippen LogP contribution < -0.4 is 10.4 Å². The van der Waals surface area contributed by atoms with Crippen molar-refractivity contribution in [2.45, 2.75) is 19.8 Å². The number of aromatic nitrogens is 1. The first kappa shape index (κ1) is 11.4. The van der Waals surface area contributed by atoms with E-state index in [2.05, 4.69) is 16.8 Å². The maximum absolute atomic E-state index is 8.97. The summed E-state index contributed by atoms with van der Waals surface area (Å²) in [6.07, 6.45) is 4.01. The molecule has 0 amide bonds. The molecule has 0 bridgehead atoms. The Morgan fingerprint density at radius 3 is 2.81 bits per heavy atom. The van der Waals surface area contributed by atoms with Crippen molar-refractivity contribution in [3.05, 3.63) is 18.3 Å². The smallest absolute Gasteiger partial charge is 0.423 e. The number of piperidine rings is 1. The van der Waals surface area contributed by atoms with Crippen molar-refractivity contribution < 1.29 is 10.0 Å². The summed E-state index contributed by atoms with van der Waals surface area (Å²) in [5.74, 6) is 1.63. The molecule has 1 unspecified atom stereocenters. The van der Waals surface area contributed by atoms with Crippen LogP contribution in [0, 0.1) is 5.92 Å². The van der Waals surface area contributed by atoms with Gasteiger partial charge in [-0.1, -0.05) is 13.0 Å². The van der Waals surface area contributed by atoms with E-state index in [1.807, 2.05) is 6.07 Å². The monoisotopic (exact) mass is 220 g/mol. The predicted octanol–water partition coefficient (Wildman–Crippen LogP) is -0.00230. The lowest BCUT2D eigenvalue weighted by Crippen LogP contribution is -2.36. The molecule has 1 saturated heterocycles. The van der Waals surface area contributed by atoms with Crippen LogP contribution in [-0.4, -0.2) is 35.2 Å². The van der Waals surface area contributed by atoms with Crippen LogP contribution in [-0.2, 0) is 0 Å². The van der Waals surface area contributed by atoms with Gasteiger partial charge in [0.15, 0.2) is 0 Å². The molecule has 2 heterocycles. The number of hydrogen-bond donors (Lipinski definition) is 2. The summed E-state index contributed by atoms with van der Waals surface area (Å²) in [4.78, 5) is 6.52. The molecule has 16 heavy (non-hydrogen) atoms. The van der Waals surface area contributed by atoms with Crippen LogP contribution in [0.25, 0.3) is 0 Å². The lowest BCUT2D eigenvalue weighted by atomic mass is 9.82. The van der Waals surface area contributed by atoms with Crippen molar-refractivity contribution in [1.82, 2.24) is 4.98 Å². The third-order valence-electron chi connectivity index (χ3n) is 3.05. The molecule has 1 aromatic heterocycles. The Labute approximate surface area is 96.1 Å². The summed E-state index contributed by atoms with van der Waals surface area (Å²) in [5.41, 5.74) is 0.439. The van der Waals surface area contributed by atoms with E-state index < -0.39 is 7.12 Å². The highest BCUT2D eigenvalue weighted by Gasteiger charge is 2.18. The minimum atomic E-state index is -1.43. The van der Waals surface area contributed by atoms with E-state index in [-0.39, 0.29) is 0 Å². The summed E-state index contributed by atoms with van der Waals surface area (Å²) in [6.45, 7) is 4.32. The molecule has 5 heteroatoms. The lowest BCUT2D eigenvalue weighted by Gasteiger charge is -2.31. The Bertz CT molecular complexity index is 342. The number of rotatable bonds is 2. The molecule has 1 atom stereocenters. The number of hydrogen-bond acceptors (Lipinski definition) is 4. The zero-order valence-electron chi connectivity index (χ0n) is 9.50. The highest BCUT2D eigenvalue weighted by atomic mass is 16.4. The van der Waals surface area contributed by atoms with Gasteiger partial charge in [-0.15, -0.1) is 0 Å². The van der Waals surface area contributed by atoms with E-state index in [1.165, 1.54) is 19.0 Å². The van der Waals surface area contributed by atoms with E-state index in [0.29, 0.717) is 11.4 Å². The Kier molecular flexibility index (Phi) is 3.46. The topological polar surface area (TPSA) is 56.6 Å². The minimum Gasteiger partial charge on any atom is -0.423 e. The molecule has 86 valence electrons. The Balaban J connectivity index is 2.09. The first-order valence-electron chi connectivity index (χ1n) is 5.74. The SMILES string of the molecule is CC1CCCN(c2ccc(B(O)O)cn2)C1. The molecule has 1 fully saturated rings. The molecule has 1 aromatic rings. The first-order valence-corrected chi connectivity index (χ1v) is 5.74. The quantitative estimate of drug-likeness (QED) is 0.688. The van der Waals surface area contributed by atoms with Crippen molar-refractivity contribution in [1.29, 1.82) is 0 Å². The molecular weight excluding hydrogens is 203 g/mol. The van der Waals surface area contributed by atoms with Gasteiger partial charge in [-0.05, 0) is 24.8 Å². The first-order chi connectivity index (χ1) is 7.66. The van der Waals surface area contributed by atoms with Gasteiger partial charge in [0.2, 0.25) is 0 Å². The summed E-state index contributed by atoms with van der Waals surface area (Å²) in [7, 11) is -1.43. The van der Waals surface area contributed by atoms with Gasteiger partial charge in [-0.3, -0.25) is 0 Å². The van der Waals surface area contributed by atoms with Crippen molar-refractivity contribution in [3.63, 3.8) is 0 Å². The van der Waals surface area contributed by atoms with Gasteiger partial charge in [0, 0.05) is 24.7 Å². The second-order valence-electron chi connectivity index (χ2n) is 4.52. The molecule has 0 saturated carbocycles. The highest BCUT2D eigenvalue weighted by molar-refractivity contribution is 6.58. The average molecular weight is 220 g/mol. The Morgan fingerprint density at radius 1 is 1.44 bits per heavy atom. The van der Waals surface area contributed by atoms with Crippen molar-refractivity contribution >= 4 is 18.4 Å². The van der Waals surface area contributed by atoms with Crippen molar-refractivity contribution in [2.24, 2.45) is 5.92 Å². The summed E-state index contributed by atoms with van der Waals surface area (Å²) >= 11 is 0. The molecule has 1 aliphatic rings. The Hall–Kier alpha value is -1.07. The normalized spacial score (nSPS) is 20.9. The van der Waals surface area contributed by atoms with E-state index in [0.717, 1.165) is 18.9 Å². The molecule has 2 rings (SSSR count). The molecule has 2 N–H and O–H groups in total. The third-order valence-corrected chi connectivity index (χ3v) is 3.05. The van der Waals surface area contributed by atoms with Crippen LogP contribution in [0.1, 0.15) is 19.8 Å². The fourth-order valence-electron chi connectivity index (χ4n) is 2.13. The van der Waals surface area contributed by atoms with Crippen LogP contribution in [0.5, 0.6) is 0 Å². The van der Waals surface area contributed by atoms with Gasteiger partial charge in [-0.25, -0.2) is 4.98 Å². The van der Waals surface area contributed by atoms with Gasteiger partial charge in [0.25, 0.3) is 0 Å². The predicted molar refractivity (Wildman–Crippen MR) is 64.7 cm³/mol. The molecule has 0 aliphatic carbocycles. The second-order valence-corrected chi connectivity index (χ2v) is 4.52. The fourth-order valence-corrected chi connectivity index (χ4v) is 2.13. The lowest BCUT2D eigenvalue weighted by molar-refractivity contribution is 0.425. The molecule has 0 spiro atoms. The summed E-state index contributed by atoms with van der Waals surface area (Å²) in [5, 5.41) is 17.9. The van der Waals surface area contributed by atoms with Crippen LogP contribution in [0.4, 0.5) is 5.82 Å². The molecule has 0 radical (unpaired) electrons. The van der Waals surface area contributed by atoms with Crippen LogP contribution in [0.15, 0.2) is 18.3 Å². The van der Waals surface area contributed by atoms with E-state index >= 15 is 0 Å². The zero-order chi connectivity index (χ0) is 11.5. The van der Waals surface area contributed by atoms with Gasteiger partial charge in [-0.2, -0.15) is 0 Å². The number of nitrogens with zero attached hydrogens (tertiary/aromatic N) is 2. The third kappa shape index (κ3) is 2.54. The van der Waals surface area contributed by atoms with Gasteiger partial charge >= 0.3 is 7.12 Å². The largest absolute Gasteiger partial charge is 0.490 e. The highest BCUT2D eigenvalue weighted by Crippen LogP contribution is 2.20. The maximum Gasteiger partial charge on any atom is 0.490 e. The van der Waals surface area contributed by atoms with Gasteiger partial charge in [0.1, 0.15) is 5.82 Å². The Morgan fingerprint density at radius 2 is 2.25 bits per heavy atom. The van der Waals surface area contributed by atoms with E-state index in [1.54, 1.807) is 6.07 Å². The van der Waals surface area contributed by atoms with Crippen molar-refractivity contribution in [2.75, 3.05) is 18.0 Å². The standard InChI is InChI=1S/C11H17BN2O2/c1-9-3-2-6-14(8-9)11-5-4-10(7-13-11)12(15)16/h4-5,7,9,15-16H,2-3,6,8H2,1H3. The second kappa shape index (κ2) is 4.85. The molecule has 1 aliphatic heterocycles. The number of anilines is 1. The van der Waals surface area contributed by atoms with Crippen LogP contribution in [0.2, 0.25) is 0 Å². The average Bonchev–Trinajstić information content (AvgIpc) is 2.29. The molecule has 4 nitrogen and oxygen atoms in total.